The van der Waals surface area contributed by atoms with Crippen molar-refractivity contribution in [2.24, 2.45) is 0 Å². The number of hydrogen-bond acceptors (Lipinski definition) is 3. The van der Waals surface area contributed by atoms with Crippen LogP contribution in [-0.4, -0.2) is 42.1 Å². The maximum Gasteiger partial charge on any atom is 0.323 e. The minimum atomic E-state index is -1.00. The molecular weight excluding hydrogens is 222 g/mol. The van der Waals surface area contributed by atoms with E-state index < -0.39 is 5.97 Å². The first kappa shape index (κ1) is 11.4. The van der Waals surface area contributed by atoms with Crippen molar-refractivity contribution in [3.8, 4) is 5.75 Å². The molecule has 2 rings (SSSR count). The molecule has 17 heavy (non-hydrogen) atoms. The summed E-state index contributed by atoms with van der Waals surface area (Å²) in [6, 6.07) is 5.41. The van der Waals surface area contributed by atoms with Crippen LogP contribution in [0.15, 0.2) is 18.2 Å². The molecule has 0 saturated carbocycles. The summed E-state index contributed by atoms with van der Waals surface area (Å²) in [7, 11) is 1.50. The Labute approximate surface area is 98.6 Å². The molecule has 0 spiro atoms. The molecule has 1 heterocycles. The predicted octanol–water partition coefficient (Wildman–Crippen LogP) is 0.778. The standard InChI is InChI=1S/C12H13NO4/c1-17-9-4-2-3-8-5-6-13(7-10(14)15)12(16)11(8)9/h2-4H,5-7H2,1H3,(H,14,15). The van der Waals surface area contributed by atoms with Gasteiger partial charge >= 0.3 is 5.97 Å². The number of hydrogen-bond donors (Lipinski definition) is 1. The van der Waals surface area contributed by atoms with Crippen LogP contribution in [0.25, 0.3) is 0 Å². The zero-order chi connectivity index (χ0) is 12.4. The van der Waals surface area contributed by atoms with Crippen LogP contribution in [0.3, 0.4) is 0 Å². The minimum Gasteiger partial charge on any atom is -0.496 e. The van der Waals surface area contributed by atoms with Crippen LogP contribution < -0.4 is 4.74 Å². The number of fused-ring (bicyclic) bond motifs is 1. The maximum absolute atomic E-state index is 12.1. The number of benzene rings is 1. The number of amides is 1. The molecule has 1 amide bonds. The normalized spacial score (nSPS) is 14.4. The van der Waals surface area contributed by atoms with Gasteiger partial charge in [-0.3, -0.25) is 9.59 Å². The van der Waals surface area contributed by atoms with Gasteiger partial charge in [0.15, 0.2) is 0 Å². The summed E-state index contributed by atoms with van der Waals surface area (Å²) < 4.78 is 5.14. The Balaban J connectivity index is 2.36. The Morgan fingerprint density at radius 2 is 2.29 bits per heavy atom. The summed E-state index contributed by atoms with van der Waals surface area (Å²) in [5.74, 6) is -0.773. The van der Waals surface area contributed by atoms with E-state index in [1.807, 2.05) is 12.1 Å². The largest absolute Gasteiger partial charge is 0.496 e. The molecule has 5 heteroatoms. The minimum absolute atomic E-state index is 0.268. The number of ether oxygens (including phenoxy) is 1. The van der Waals surface area contributed by atoms with E-state index in [-0.39, 0.29) is 12.5 Å². The van der Waals surface area contributed by atoms with Crippen LogP contribution in [0, 0.1) is 0 Å². The highest BCUT2D eigenvalue weighted by atomic mass is 16.5. The smallest absolute Gasteiger partial charge is 0.323 e. The second kappa shape index (κ2) is 4.45. The van der Waals surface area contributed by atoms with E-state index >= 15 is 0 Å². The van der Waals surface area contributed by atoms with Crippen molar-refractivity contribution in [3.63, 3.8) is 0 Å². The van der Waals surface area contributed by atoms with E-state index in [2.05, 4.69) is 0 Å². The Morgan fingerprint density at radius 1 is 1.53 bits per heavy atom. The van der Waals surface area contributed by atoms with Gasteiger partial charge in [-0.2, -0.15) is 0 Å². The van der Waals surface area contributed by atoms with E-state index in [1.54, 1.807) is 6.07 Å². The number of carboxylic acid groups (broad SMARTS) is 1. The molecule has 1 aliphatic rings. The third kappa shape index (κ3) is 2.08. The van der Waals surface area contributed by atoms with Crippen molar-refractivity contribution in [1.82, 2.24) is 4.90 Å². The predicted molar refractivity (Wildman–Crippen MR) is 60.2 cm³/mol. The fraction of sp³-hybridized carbons (Fsp3) is 0.333. The molecule has 90 valence electrons. The number of methoxy groups -OCH3 is 1. The number of rotatable bonds is 3. The molecule has 0 aliphatic carbocycles. The van der Waals surface area contributed by atoms with Crippen molar-refractivity contribution < 1.29 is 19.4 Å². The highest BCUT2D eigenvalue weighted by Crippen LogP contribution is 2.27. The lowest BCUT2D eigenvalue weighted by atomic mass is 9.98. The quantitative estimate of drug-likeness (QED) is 0.840. The van der Waals surface area contributed by atoms with Crippen LogP contribution in [0.5, 0.6) is 5.75 Å². The van der Waals surface area contributed by atoms with Crippen LogP contribution in [0.1, 0.15) is 15.9 Å². The zero-order valence-corrected chi connectivity index (χ0v) is 9.47. The summed E-state index contributed by atoms with van der Waals surface area (Å²) in [6.45, 7) is 0.168. The molecule has 0 fully saturated rings. The van der Waals surface area contributed by atoms with Gasteiger partial charge in [0.2, 0.25) is 0 Å². The van der Waals surface area contributed by atoms with Gasteiger partial charge in [-0.25, -0.2) is 0 Å². The van der Waals surface area contributed by atoms with Crippen LogP contribution >= 0.6 is 0 Å². The van der Waals surface area contributed by atoms with Crippen molar-refractivity contribution in [2.45, 2.75) is 6.42 Å². The number of carbonyl (C=O) groups is 2. The molecule has 0 aromatic heterocycles. The second-order valence-corrected chi connectivity index (χ2v) is 3.86. The van der Waals surface area contributed by atoms with Crippen LogP contribution in [0.2, 0.25) is 0 Å². The Bertz CT molecular complexity index is 455. The Morgan fingerprint density at radius 3 is 2.94 bits per heavy atom. The molecule has 0 unspecified atom stereocenters. The number of aliphatic carboxylic acids is 1. The number of nitrogens with zero attached hydrogens (tertiary/aromatic N) is 1. The summed E-state index contributed by atoms with van der Waals surface area (Å²) in [6.07, 6.45) is 0.658. The molecular formula is C12H13NO4. The van der Waals surface area contributed by atoms with Gasteiger partial charge in [0.1, 0.15) is 12.3 Å². The third-order valence-electron chi connectivity index (χ3n) is 2.81. The highest BCUT2D eigenvalue weighted by molar-refractivity contribution is 6.00. The van der Waals surface area contributed by atoms with Gasteiger partial charge in [-0.05, 0) is 18.1 Å². The Kier molecular flexibility index (Phi) is 2.99. The van der Waals surface area contributed by atoms with Gasteiger partial charge in [0, 0.05) is 6.54 Å². The topological polar surface area (TPSA) is 66.8 Å². The number of carbonyl (C=O) groups excluding carboxylic acids is 1. The lowest BCUT2D eigenvalue weighted by molar-refractivity contribution is -0.137. The van der Waals surface area contributed by atoms with E-state index in [1.165, 1.54) is 12.0 Å². The molecule has 1 aromatic carbocycles. The van der Waals surface area contributed by atoms with Gasteiger partial charge < -0.3 is 14.7 Å². The van der Waals surface area contributed by atoms with E-state index in [0.29, 0.717) is 24.3 Å². The monoisotopic (exact) mass is 235 g/mol. The van der Waals surface area contributed by atoms with Crippen LogP contribution in [-0.2, 0) is 11.2 Å². The maximum atomic E-state index is 12.1. The summed E-state index contributed by atoms with van der Waals surface area (Å²) in [4.78, 5) is 24.1. The van der Waals surface area contributed by atoms with Crippen molar-refractivity contribution in [2.75, 3.05) is 20.2 Å². The zero-order valence-electron chi connectivity index (χ0n) is 9.47. The van der Waals surface area contributed by atoms with Crippen molar-refractivity contribution in [3.05, 3.63) is 29.3 Å². The molecule has 0 radical (unpaired) electrons. The van der Waals surface area contributed by atoms with Crippen LogP contribution in [0.4, 0.5) is 0 Å². The average molecular weight is 235 g/mol. The molecule has 0 atom stereocenters. The van der Waals surface area contributed by atoms with E-state index in [4.69, 9.17) is 9.84 Å². The summed E-state index contributed by atoms with van der Waals surface area (Å²) in [5.41, 5.74) is 1.40. The molecule has 0 saturated heterocycles. The number of carboxylic acids is 1. The molecule has 0 bridgehead atoms. The van der Waals surface area contributed by atoms with E-state index in [9.17, 15) is 9.59 Å². The fourth-order valence-corrected chi connectivity index (χ4v) is 2.03. The summed E-state index contributed by atoms with van der Waals surface area (Å²) >= 11 is 0. The first-order chi connectivity index (χ1) is 8.13. The van der Waals surface area contributed by atoms with E-state index in [0.717, 1.165) is 5.56 Å². The molecule has 1 aromatic rings. The van der Waals surface area contributed by atoms with Crippen molar-refractivity contribution >= 4 is 11.9 Å². The lowest BCUT2D eigenvalue weighted by Crippen LogP contribution is -2.41. The second-order valence-electron chi connectivity index (χ2n) is 3.86. The Hall–Kier alpha value is -2.04. The third-order valence-corrected chi connectivity index (χ3v) is 2.81. The first-order valence-corrected chi connectivity index (χ1v) is 5.30. The van der Waals surface area contributed by atoms with Crippen molar-refractivity contribution in [1.29, 1.82) is 0 Å². The highest BCUT2D eigenvalue weighted by Gasteiger charge is 2.28. The first-order valence-electron chi connectivity index (χ1n) is 5.30. The SMILES string of the molecule is COc1cccc2c1C(=O)N(CC(=O)O)CC2. The molecule has 1 aliphatic heterocycles. The van der Waals surface area contributed by atoms with Gasteiger partial charge in [0.25, 0.3) is 5.91 Å². The molecule has 5 nitrogen and oxygen atoms in total. The average Bonchev–Trinajstić information content (AvgIpc) is 2.31. The summed E-state index contributed by atoms with van der Waals surface area (Å²) in [5, 5.41) is 8.73. The van der Waals surface area contributed by atoms with Gasteiger partial charge in [-0.15, -0.1) is 0 Å². The lowest BCUT2D eigenvalue weighted by Gasteiger charge is -2.28. The van der Waals surface area contributed by atoms with Gasteiger partial charge in [0.05, 0.1) is 12.7 Å². The molecule has 1 N–H and O–H groups in total. The van der Waals surface area contributed by atoms with Gasteiger partial charge in [-0.1, -0.05) is 12.1 Å². The fourth-order valence-electron chi connectivity index (χ4n) is 2.03.